The zero-order valence-electron chi connectivity index (χ0n) is 16.7. The first kappa shape index (κ1) is 20.7. The van der Waals surface area contributed by atoms with Crippen molar-refractivity contribution >= 4 is 17.2 Å². The zero-order chi connectivity index (χ0) is 20.8. The summed E-state index contributed by atoms with van der Waals surface area (Å²) in [6, 6.07) is 12.2. The van der Waals surface area contributed by atoms with E-state index in [1.807, 2.05) is 35.0 Å². The summed E-state index contributed by atoms with van der Waals surface area (Å²) in [5.41, 5.74) is 2.15. The number of aryl methyl sites for hydroxylation is 1. The number of amides is 1. The van der Waals surface area contributed by atoms with Crippen molar-refractivity contribution in [2.24, 2.45) is 5.92 Å². The molecule has 4 rings (SSSR count). The highest BCUT2D eigenvalue weighted by Crippen LogP contribution is 2.22. The summed E-state index contributed by atoms with van der Waals surface area (Å²) in [6.07, 6.45) is 1.54. The lowest BCUT2D eigenvalue weighted by atomic mass is 9.91. The number of nitrogens with one attached hydrogen (secondary N) is 1. The summed E-state index contributed by atoms with van der Waals surface area (Å²) >= 11 is 1.57. The van der Waals surface area contributed by atoms with Crippen LogP contribution in [0, 0.1) is 5.92 Å². The number of piperidine rings is 1. The van der Waals surface area contributed by atoms with Crippen molar-refractivity contribution in [2.45, 2.75) is 31.8 Å². The summed E-state index contributed by atoms with van der Waals surface area (Å²) in [5.74, 6) is 0.958. The van der Waals surface area contributed by atoms with Crippen molar-refractivity contribution in [3.63, 3.8) is 0 Å². The van der Waals surface area contributed by atoms with Crippen molar-refractivity contribution in [3.8, 4) is 11.5 Å². The van der Waals surface area contributed by atoms with Gasteiger partial charge in [-0.2, -0.15) is 11.3 Å². The Morgan fingerprint density at radius 3 is 2.90 bits per heavy atom. The van der Waals surface area contributed by atoms with Crippen LogP contribution in [-0.2, 0) is 17.8 Å². The van der Waals surface area contributed by atoms with Crippen LogP contribution in [0.4, 0.5) is 0 Å². The van der Waals surface area contributed by atoms with E-state index in [4.69, 9.17) is 4.42 Å². The van der Waals surface area contributed by atoms with Gasteiger partial charge in [-0.25, -0.2) is 0 Å². The highest BCUT2D eigenvalue weighted by atomic mass is 32.1. The lowest BCUT2D eigenvalue weighted by Crippen LogP contribution is -2.53. The molecular formula is C22H26N4O3S. The van der Waals surface area contributed by atoms with Gasteiger partial charge < -0.3 is 14.8 Å². The summed E-state index contributed by atoms with van der Waals surface area (Å²) < 4.78 is 5.65. The fraction of sp³-hybridized carbons (Fsp3) is 0.409. The highest BCUT2D eigenvalue weighted by molar-refractivity contribution is 7.08. The van der Waals surface area contributed by atoms with Crippen LogP contribution in [0.1, 0.15) is 24.3 Å². The quantitative estimate of drug-likeness (QED) is 0.576. The third-order valence-electron chi connectivity index (χ3n) is 5.47. The first-order valence-corrected chi connectivity index (χ1v) is 11.2. The SMILES string of the molecule is O=C(CCc1nnc(-c2ccsc2)o1)N[C@@H]1CN(Cc2ccccc2)CC[C@@H]1CO. The molecule has 1 amide bonds. The molecule has 0 spiro atoms. The van der Waals surface area contributed by atoms with E-state index in [9.17, 15) is 9.90 Å². The minimum atomic E-state index is -0.0657. The second-order valence-corrected chi connectivity index (χ2v) is 8.42. The monoisotopic (exact) mass is 426 g/mol. The van der Waals surface area contributed by atoms with Crippen molar-refractivity contribution in [3.05, 3.63) is 58.6 Å². The molecule has 0 bridgehead atoms. The van der Waals surface area contributed by atoms with Gasteiger partial charge in [0.15, 0.2) is 0 Å². The maximum Gasteiger partial charge on any atom is 0.248 e. The number of aliphatic hydroxyl groups excluding tert-OH is 1. The lowest BCUT2D eigenvalue weighted by Gasteiger charge is -2.38. The van der Waals surface area contributed by atoms with Gasteiger partial charge in [-0.05, 0) is 30.0 Å². The van der Waals surface area contributed by atoms with Crippen LogP contribution in [0.2, 0.25) is 0 Å². The van der Waals surface area contributed by atoms with Gasteiger partial charge in [0, 0.05) is 55.4 Å². The average molecular weight is 427 g/mol. The Kier molecular flexibility index (Phi) is 6.88. The normalized spacial score (nSPS) is 19.6. The van der Waals surface area contributed by atoms with Crippen LogP contribution in [0.15, 0.2) is 51.6 Å². The summed E-state index contributed by atoms with van der Waals surface area (Å²) in [6.45, 7) is 2.57. The molecule has 158 valence electrons. The Morgan fingerprint density at radius 2 is 2.13 bits per heavy atom. The average Bonchev–Trinajstić information content (AvgIpc) is 3.45. The van der Waals surface area contributed by atoms with E-state index in [0.29, 0.717) is 18.2 Å². The molecule has 0 radical (unpaired) electrons. The van der Waals surface area contributed by atoms with E-state index in [2.05, 4.69) is 32.5 Å². The van der Waals surface area contributed by atoms with Gasteiger partial charge >= 0.3 is 0 Å². The number of hydrogen-bond donors (Lipinski definition) is 2. The van der Waals surface area contributed by atoms with Crippen molar-refractivity contribution in [2.75, 3.05) is 19.7 Å². The molecule has 0 aliphatic carbocycles. The Hall–Kier alpha value is -2.55. The van der Waals surface area contributed by atoms with E-state index < -0.39 is 0 Å². The maximum atomic E-state index is 12.5. The standard InChI is InChI=1S/C22H26N4O3S/c27-14-17-8-10-26(12-16-4-2-1-3-5-16)13-19(17)23-20(28)6-7-21-24-25-22(29-21)18-9-11-30-15-18/h1-5,9,11,15,17,19,27H,6-8,10,12-14H2,(H,23,28)/t17-,19-/m1/s1. The van der Waals surface area contributed by atoms with Crippen molar-refractivity contribution in [1.82, 2.24) is 20.4 Å². The number of carbonyl (C=O) groups excluding carboxylic acids is 1. The second kappa shape index (κ2) is 9.97. The minimum Gasteiger partial charge on any atom is -0.421 e. The topological polar surface area (TPSA) is 91.5 Å². The molecule has 1 aliphatic heterocycles. The molecule has 8 heteroatoms. The van der Waals surface area contributed by atoms with E-state index in [1.54, 1.807) is 11.3 Å². The first-order valence-electron chi connectivity index (χ1n) is 10.2. The molecule has 7 nitrogen and oxygen atoms in total. The predicted octanol–water partition coefficient (Wildman–Crippen LogP) is 2.73. The van der Waals surface area contributed by atoms with Crippen LogP contribution >= 0.6 is 11.3 Å². The molecule has 0 unspecified atom stereocenters. The molecule has 1 fully saturated rings. The first-order chi connectivity index (χ1) is 14.7. The Bertz CT molecular complexity index is 929. The van der Waals surface area contributed by atoms with Gasteiger partial charge in [0.1, 0.15) is 0 Å². The lowest BCUT2D eigenvalue weighted by molar-refractivity contribution is -0.122. The zero-order valence-corrected chi connectivity index (χ0v) is 17.6. The Labute approximate surface area is 179 Å². The van der Waals surface area contributed by atoms with Crippen molar-refractivity contribution in [1.29, 1.82) is 0 Å². The summed E-state index contributed by atoms with van der Waals surface area (Å²) in [5, 5.41) is 24.8. The number of carbonyl (C=O) groups is 1. The van der Waals surface area contributed by atoms with Crippen LogP contribution in [0.25, 0.3) is 11.5 Å². The van der Waals surface area contributed by atoms with Gasteiger partial charge in [-0.3, -0.25) is 9.69 Å². The molecule has 1 aliphatic rings. The molecule has 1 aromatic carbocycles. The van der Waals surface area contributed by atoms with Crippen molar-refractivity contribution < 1.29 is 14.3 Å². The second-order valence-electron chi connectivity index (χ2n) is 7.64. The molecule has 3 aromatic rings. The smallest absolute Gasteiger partial charge is 0.248 e. The molecule has 2 N–H and O–H groups in total. The number of nitrogens with zero attached hydrogens (tertiary/aromatic N) is 3. The van der Waals surface area contributed by atoms with Gasteiger partial charge in [-0.15, -0.1) is 10.2 Å². The van der Waals surface area contributed by atoms with Crippen LogP contribution < -0.4 is 5.32 Å². The number of benzene rings is 1. The molecular weight excluding hydrogens is 400 g/mol. The number of hydrogen-bond acceptors (Lipinski definition) is 7. The van der Waals surface area contributed by atoms with Gasteiger partial charge in [-0.1, -0.05) is 30.3 Å². The van der Waals surface area contributed by atoms with Crippen LogP contribution in [-0.4, -0.2) is 51.8 Å². The number of aliphatic hydroxyl groups is 1. The molecule has 2 aromatic heterocycles. The van der Waals surface area contributed by atoms with Crippen LogP contribution in [0.3, 0.4) is 0 Å². The number of aromatic nitrogens is 2. The Balaban J connectivity index is 1.29. The third kappa shape index (κ3) is 5.33. The number of thiophene rings is 1. The molecule has 0 saturated carbocycles. The predicted molar refractivity (Wildman–Crippen MR) is 115 cm³/mol. The fourth-order valence-corrected chi connectivity index (χ4v) is 4.42. The maximum absolute atomic E-state index is 12.5. The molecule has 30 heavy (non-hydrogen) atoms. The van der Waals surface area contributed by atoms with E-state index >= 15 is 0 Å². The molecule has 3 heterocycles. The molecule has 1 saturated heterocycles. The van der Waals surface area contributed by atoms with Gasteiger partial charge in [0.25, 0.3) is 0 Å². The number of rotatable bonds is 8. The molecule has 2 atom stereocenters. The third-order valence-corrected chi connectivity index (χ3v) is 6.15. The van der Waals surface area contributed by atoms with Crippen LogP contribution in [0.5, 0.6) is 0 Å². The number of likely N-dealkylation sites (tertiary alicyclic amines) is 1. The fourth-order valence-electron chi connectivity index (χ4n) is 3.79. The Morgan fingerprint density at radius 1 is 1.27 bits per heavy atom. The minimum absolute atomic E-state index is 0.0599. The summed E-state index contributed by atoms with van der Waals surface area (Å²) in [4.78, 5) is 14.9. The van der Waals surface area contributed by atoms with Gasteiger partial charge in [0.2, 0.25) is 17.7 Å². The highest BCUT2D eigenvalue weighted by Gasteiger charge is 2.30. The summed E-state index contributed by atoms with van der Waals surface area (Å²) in [7, 11) is 0. The van der Waals surface area contributed by atoms with E-state index in [-0.39, 0.29) is 30.9 Å². The van der Waals surface area contributed by atoms with E-state index in [0.717, 1.165) is 31.6 Å². The van der Waals surface area contributed by atoms with Gasteiger partial charge in [0.05, 0.1) is 0 Å². The van der Waals surface area contributed by atoms with E-state index in [1.165, 1.54) is 5.56 Å². The largest absolute Gasteiger partial charge is 0.421 e.